The predicted octanol–water partition coefficient (Wildman–Crippen LogP) is 5.09. The molecule has 0 aliphatic heterocycles. The van der Waals surface area contributed by atoms with Gasteiger partial charge in [-0.25, -0.2) is 4.39 Å². The predicted molar refractivity (Wildman–Crippen MR) is 77.4 cm³/mol. The van der Waals surface area contributed by atoms with Crippen LogP contribution in [0.2, 0.25) is 10.0 Å². The van der Waals surface area contributed by atoms with Crippen molar-refractivity contribution in [2.75, 3.05) is 0 Å². The molecule has 20 heavy (non-hydrogen) atoms. The van der Waals surface area contributed by atoms with E-state index in [1.165, 1.54) is 18.2 Å². The largest absolute Gasteiger partial charge is 0.486 e. The quantitative estimate of drug-likeness (QED) is 0.728. The van der Waals surface area contributed by atoms with Gasteiger partial charge in [-0.05, 0) is 29.8 Å². The van der Waals surface area contributed by atoms with Crippen LogP contribution in [0.1, 0.15) is 15.9 Å². The molecule has 0 saturated carbocycles. The van der Waals surface area contributed by atoms with Gasteiger partial charge in [0.25, 0.3) is 5.24 Å². The van der Waals surface area contributed by atoms with Crippen molar-refractivity contribution >= 4 is 40.0 Å². The number of hydrogen-bond acceptors (Lipinski definition) is 2. The molecule has 2 nitrogen and oxygen atoms in total. The summed E-state index contributed by atoms with van der Waals surface area (Å²) in [4.78, 5) is 11.0. The molecule has 0 aliphatic carbocycles. The molecule has 2 aromatic carbocycles. The highest BCUT2D eigenvalue weighted by atomic mass is 35.5. The van der Waals surface area contributed by atoms with E-state index in [1.807, 2.05) is 0 Å². The van der Waals surface area contributed by atoms with Crippen LogP contribution in [0.15, 0.2) is 36.4 Å². The van der Waals surface area contributed by atoms with E-state index in [9.17, 15) is 9.18 Å². The minimum absolute atomic E-state index is 0.0275. The first-order chi connectivity index (χ1) is 9.49. The van der Waals surface area contributed by atoms with Gasteiger partial charge in [0.1, 0.15) is 12.4 Å². The fourth-order valence-corrected chi connectivity index (χ4v) is 2.28. The van der Waals surface area contributed by atoms with Crippen molar-refractivity contribution < 1.29 is 13.9 Å². The van der Waals surface area contributed by atoms with Gasteiger partial charge in [0, 0.05) is 11.1 Å². The van der Waals surface area contributed by atoms with Crippen LogP contribution in [0.5, 0.6) is 5.75 Å². The van der Waals surface area contributed by atoms with Crippen molar-refractivity contribution in [1.29, 1.82) is 0 Å². The highest BCUT2D eigenvalue weighted by molar-refractivity contribution is 6.68. The summed E-state index contributed by atoms with van der Waals surface area (Å²) in [5.41, 5.74) is 0.539. The lowest BCUT2D eigenvalue weighted by molar-refractivity contribution is 0.108. The average Bonchev–Trinajstić information content (AvgIpc) is 2.39. The summed E-state index contributed by atoms with van der Waals surface area (Å²) >= 11 is 17.3. The van der Waals surface area contributed by atoms with Gasteiger partial charge in [0.2, 0.25) is 0 Å². The Morgan fingerprint density at radius 2 is 1.75 bits per heavy atom. The van der Waals surface area contributed by atoms with Crippen molar-refractivity contribution in [2.45, 2.75) is 6.61 Å². The lowest BCUT2D eigenvalue weighted by atomic mass is 10.2. The number of hydrogen-bond donors (Lipinski definition) is 0. The van der Waals surface area contributed by atoms with Gasteiger partial charge >= 0.3 is 0 Å². The van der Waals surface area contributed by atoms with Crippen molar-refractivity contribution in [1.82, 2.24) is 0 Å². The van der Waals surface area contributed by atoms with E-state index in [1.54, 1.807) is 18.2 Å². The van der Waals surface area contributed by atoms with Gasteiger partial charge in [0.05, 0.1) is 10.0 Å². The zero-order valence-electron chi connectivity index (χ0n) is 10.00. The summed E-state index contributed by atoms with van der Waals surface area (Å²) in [6.07, 6.45) is 0. The molecular formula is C14H8Cl3FO2. The number of rotatable bonds is 4. The molecule has 0 aromatic heterocycles. The van der Waals surface area contributed by atoms with E-state index in [0.29, 0.717) is 5.56 Å². The van der Waals surface area contributed by atoms with Crippen molar-refractivity contribution in [3.05, 3.63) is 63.4 Å². The zero-order valence-corrected chi connectivity index (χ0v) is 12.3. The molecule has 0 bridgehead atoms. The lowest BCUT2D eigenvalue weighted by Gasteiger charge is -2.11. The van der Waals surface area contributed by atoms with Crippen LogP contribution in [0.3, 0.4) is 0 Å². The van der Waals surface area contributed by atoms with Gasteiger partial charge in [-0.3, -0.25) is 4.79 Å². The molecule has 0 atom stereocenters. The smallest absolute Gasteiger partial charge is 0.252 e. The van der Waals surface area contributed by atoms with Crippen LogP contribution in [-0.4, -0.2) is 5.24 Å². The van der Waals surface area contributed by atoms with E-state index in [4.69, 9.17) is 39.5 Å². The second-order valence-electron chi connectivity index (χ2n) is 3.92. The molecule has 2 aromatic rings. The number of benzene rings is 2. The Kier molecular flexibility index (Phi) is 4.86. The Hall–Kier alpha value is -1.29. The molecule has 0 N–H and O–H groups in total. The van der Waals surface area contributed by atoms with Crippen LogP contribution in [-0.2, 0) is 6.61 Å². The van der Waals surface area contributed by atoms with Crippen LogP contribution < -0.4 is 4.74 Å². The SMILES string of the molecule is O=C(Cl)c1cc(Cl)c(OCc2ccccc2F)c(Cl)c1. The Bertz CT molecular complexity index is 636. The van der Waals surface area contributed by atoms with E-state index in [-0.39, 0.29) is 33.8 Å². The van der Waals surface area contributed by atoms with Gasteiger partial charge in [0.15, 0.2) is 5.75 Å². The van der Waals surface area contributed by atoms with E-state index >= 15 is 0 Å². The monoisotopic (exact) mass is 332 g/mol. The highest BCUT2D eigenvalue weighted by Crippen LogP contribution is 2.35. The molecule has 0 amide bonds. The van der Waals surface area contributed by atoms with Crippen LogP contribution in [0.25, 0.3) is 0 Å². The summed E-state index contributed by atoms with van der Waals surface area (Å²) in [5, 5.41) is -0.398. The molecule has 0 unspecified atom stereocenters. The average molecular weight is 334 g/mol. The fourth-order valence-electron chi connectivity index (χ4n) is 1.58. The Balaban J connectivity index is 2.22. The molecule has 0 fully saturated rings. The zero-order chi connectivity index (χ0) is 14.7. The van der Waals surface area contributed by atoms with Crippen molar-refractivity contribution in [3.8, 4) is 5.75 Å². The summed E-state index contributed by atoms with van der Waals surface area (Å²) in [5.74, 6) is -0.203. The van der Waals surface area contributed by atoms with Crippen molar-refractivity contribution in [2.24, 2.45) is 0 Å². The van der Waals surface area contributed by atoms with E-state index in [2.05, 4.69) is 0 Å². The molecular weight excluding hydrogens is 326 g/mol. The fraction of sp³-hybridized carbons (Fsp3) is 0.0714. The van der Waals surface area contributed by atoms with Gasteiger partial charge < -0.3 is 4.74 Å². The molecule has 0 spiro atoms. The maximum atomic E-state index is 13.5. The highest BCUT2D eigenvalue weighted by Gasteiger charge is 2.13. The Morgan fingerprint density at radius 1 is 1.15 bits per heavy atom. The maximum absolute atomic E-state index is 13.5. The third-order valence-electron chi connectivity index (χ3n) is 2.56. The molecule has 104 valence electrons. The second kappa shape index (κ2) is 6.44. The first-order valence-electron chi connectivity index (χ1n) is 5.54. The number of halogens is 4. The molecule has 0 saturated heterocycles. The number of carbonyl (C=O) groups excluding carboxylic acids is 1. The lowest BCUT2D eigenvalue weighted by Crippen LogP contribution is -2.00. The van der Waals surface area contributed by atoms with E-state index in [0.717, 1.165) is 0 Å². The van der Waals surface area contributed by atoms with Crippen LogP contribution in [0, 0.1) is 5.82 Å². The molecule has 0 aliphatic rings. The van der Waals surface area contributed by atoms with Crippen LogP contribution in [0.4, 0.5) is 4.39 Å². The third-order valence-corrected chi connectivity index (χ3v) is 3.33. The summed E-state index contributed by atoms with van der Waals surface area (Å²) in [7, 11) is 0. The van der Waals surface area contributed by atoms with Gasteiger partial charge in [-0.2, -0.15) is 0 Å². The third kappa shape index (κ3) is 3.42. The van der Waals surface area contributed by atoms with Gasteiger partial charge in [-0.1, -0.05) is 41.4 Å². The number of carbonyl (C=O) groups is 1. The van der Waals surface area contributed by atoms with E-state index < -0.39 is 5.24 Å². The topological polar surface area (TPSA) is 26.3 Å². The molecule has 0 heterocycles. The Labute approximate surface area is 130 Å². The summed E-state index contributed by atoms with van der Waals surface area (Å²) in [6.45, 7) is -0.0275. The standard InChI is InChI=1S/C14H8Cl3FO2/c15-10-5-9(14(17)19)6-11(16)13(10)20-7-8-3-1-2-4-12(8)18/h1-6H,7H2. The van der Waals surface area contributed by atoms with Crippen molar-refractivity contribution in [3.63, 3.8) is 0 Å². The van der Waals surface area contributed by atoms with Gasteiger partial charge in [-0.15, -0.1) is 0 Å². The molecule has 2 rings (SSSR count). The van der Waals surface area contributed by atoms with Crippen LogP contribution >= 0.6 is 34.8 Å². The first kappa shape index (κ1) is 15.1. The minimum atomic E-state index is -0.672. The summed E-state index contributed by atoms with van der Waals surface area (Å²) < 4.78 is 18.9. The maximum Gasteiger partial charge on any atom is 0.252 e. The second-order valence-corrected chi connectivity index (χ2v) is 5.08. The summed E-state index contributed by atoms with van der Waals surface area (Å²) in [6, 6.07) is 8.89. The molecule has 6 heteroatoms. The normalized spacial score (nSPS) is 10.4. The first-order valence-corrected chi connectivity index (χ1v) is 6.67. The number of ether oxygens (including phenoxy) is 1. The minimum Gasteiger partial charge on any atom is -0.486 e. The molecule has 0 radical (unpaired) electrons. The Morgan fingerprint density at radius 3 is 2.30 bits per heavy atom.